The number of benzene rings is 2. The van der Waals surface area contributed by atoms with Crippen LogP contribution in [-0.4, -0.2) is 23.0 Å². The van der Waals surface area contributed by atoms with Crippen LogP contribution >= 0.6 is 28.1 Å². The molecule has 1 heterocycles. The van der Waals surface area contributed by atoms with Crippen LogP contribution in [0.15, 0.2) is 53.0 Å². The van der Waals surface area contributed by atoms with Crippen molar-refractivity contribution in [3.8, 4) is 5.75 Å². The van der Waals surface area contributed by atoms with Crippen molar-refractivity contribution in [1.29, 1.82) is 0 Å². The average molecular weight is 390 g/mol. The second-order valence-corrected chi connectivity index (χ2v) is 7.07. The number of thiocarbonyl (C=S) groups is 1. The van der Waals surface area contributed by atoms with E-state index in [-0.39, 0.29) is 0 Å². The smallest absolute Gasteiger partial charge is 0.130 e. The first kappa shape index (κ1) is 16.5. The van der Waals surface area contributed by atoms with Crippen LogP contribution in [0, 0.1) is 0 Å². The highest BCUT2D eigenvalue weighted by atomic mass is 79.9. The maximum absolute atomic E-state index is 6.06. The van der Waals surface area contributed by atoms with Crippen LogP contribution in [0.2, 0.25) is 0 Å². The van der Waals surface area contributed by atoms with E-state index in [4.69, 9.17) is 17.0 Å². The van der Waals surface area contributed by atoms with Crippen molar-refractivity contribution < 1.29 is 4.74 Å². The predicted molar refractivity (Wildman–Crippen MR) is 102 cm³/mol. The summed E-state index contributed by atoms with van der Waals surface area (Å²) >= 11 is 9.29. The van der Waals surface area contributed by atoms with Crippen LogP contribution in [0.4, 0.5) is 0 Å². The Balaban J connectivity index is 1.78. The number of ether oxygens (including phenoxy) is 1. The third kappa shape index (κ3) is 4.33. The maximum atomic E-state index is 6.06. The van der Waals surface area contributed by atoms with E-state index in [1.807, 2.05) is 30.3 Å². The zero-order valence-electron chi connectivity index (χ0n) is 13.0. The Labute approximate surface area is 151 Å². The van der Waals surface area contributed by atoms with Gasteiger partial charge in [0.2, 0.25) is 0 Å². The summed E-state index contributed by atoms with van der Waals surface area (Å²) in [5.41, 5.74) is 2.16. The molecule has 0 saturated carbocycles. The standard InChI is InChI=1S/C19H20BrNOS/c20-16-9-10-18(22-14-15-7-3-1-4-8-15)17(13-16)19(23)21-11-5-2-6-12-21/h1,3-4,7-10,13H,2,5-6,11-12,14H2. The van der Waals surface area contributed by atoms with Gasteiger partial charge in [-0.25, -0.2) is 0 Å². The largest absolute Gasteiger partial charge is 0.488 e. The number of piperidine rings is 1. The Morgan fingerprint density at radius 3 is 2.52 bits per heavy atom. The van der Waals surface area contributed by atoms with E-state index in [0.717, 1.165) is 39.4 Å². The van der Waals surface area contributed by atoms with Gasteiger partial charge in [-0.1, -0.05) is 58.5 Å². The first-order valence-electron chi connectivity index (χ1n) is 7.99. The number of likely N-dealkylation sites (tertiary alicyclic amines) is 1. The SMILES string of the molecule is S=C(c1cc(Br)ccc1OCc1ccccc1)N1CCCCC1. The van der Waals surface area contributed by atoms with Crippen molar-refractivity contribution in [2.24, 2.45) is 0 Å². The second-order valence-electron chi connectivity index (χ2n) is 5.77. The van der Waals surface area contributed by atoms with Gasteiger partial charge < -0.3 is 9.64 Å². The lowest BCUT2D eigenvalue weighted by Crippen LogP contribution is -2.35. The minimum absolute atomic E-state index is 0.554. The Morgan fingerprint density at radius 2 is 1.78 bits per heavy atom. The lowest BCUT2D eigenvalue weighted by Gasteiger charge is -2.30. The predicted octanol–water partition coefficient (Wildman–Crippen LogP) is 5.19. The molecule has 0 atom stereocenters. The summed E-state index contributed by atoms with van der Waals surface area (Å²) in [7, 11) is 0. The van der Waals surface area contributed by atoms with E-state index in [0.29, 0.717) is 6.61 Å². The first-order valence-corrected chi connectivity index (χ1v) is 9.20. The molecule has 1 fully saturated rings. The van der Waals surface area contributed by atoms with Crippen molar-refractivity contribution in [2.75, 3.05) is 13.1 Å². The molecule has 2 nitrogen and oxygen atoms in total. The third-order valence-corrected chi connectivity index (χ3v) is 5.02. The van der Waals surface area contributed by atoms with E-state index in [9.17, 15) is 0 Å². The number of halogens is 1. The minimum Gasteiger partial charge on any atom is -0.488 e. The highest BCUT2D eigenvalue weighted by Crippen LogP contribution is 2.27. The molecule has 0 unspecified atom stereocenters. The number of hydrogen-bond donors (Lipinski definition) is 0. The summed E-state index contributed by atoms with van der Waals surface area (Å²) in [6.07, 6.45) is 3.73. The molecule has 0 N–H and O–H groups in total. The van der Waals surface area contributed by atoms with Gasteiger partial charge in [-0.05, 0) is 43.0 Å². The summed E-state index contributed by atoms with van der Waals surface area (Å²) in [5, 5.41) is 0. The van der Waals surface area contributed by atoms with Gasteiger partial charge >= 0.3 is 0 Å². The molecule has 1 saturated heterocycles. The summed E-state index contributed by atoms with van der Waals surface area (Å²) in [6.45, 7) is 2.64. The molecule has 0 aliphatic carbocycles. The average Bonchev–Trinajstić information content (AvgIpc) is 2.61. The molecule has 2 aromatic rings. The van der Waals surface area contributed by atoms with Gasteiger partial charge in [0.1, 0.15) is 17.3 Å². The fourth-order valence-electron chi connectivity index (χ4n) is 2.80. The molecule has 0 amide bonds. The summed E-state index contributed by atoms with van der Waals surface area (Å²) in [4.78, 5) is 3.20. The molecule has 0 radical (unpaired) electrons. The quantitative estimate of drug-likeness (QED) is 0.667. The molecular formula is C19H20BrNOS. The molecule has 1 aliphatic rings. The fraction of sp³-hybridized carbons (Fsp3) is 0.316. The Hall–Kier alpha value is -1.39. The van der Waals surface area contributed by atoms with Crippen molar-refractivity contribution in [3.63, 3.8) is 0 Å². The van der Waals surface area contributed by atoms with E-state index in [2.05, 4.69) is 39.0 Å². The monoisotopic (exact) mass is 389 g/mol. The van der Waals surface area contributed by atoms with E-state index >= 15 is 0 Å². The summed E-state index contributed by atoms with van der Waals surface area (Å²) < 4.78 is 7.08. The van der Waals surface area contributed by atoms with Gasteiger partial charge in [-0.3, -0.25) is 0 Å². The zero-order chi connectivity index (χ0) is 16.1. The topological polar surface area (TPSA) is 12.5 Å². The highest BCUT2D eigenvalue weighted by Gasteiger charge is 2.18. The Bertz CT molecular complexity index is 668. The maximum Gasteiger partial charge on any atom is 0.130 e. The van der Waals surface area contributed by atoms with Gasteiger partial charge in [0.15, 0.2) is 0 Å². The molecule has 120 valence electrons. The van der Waals surface area contributed by atoms with Gasteiger partial charge in [0.25, 0.3) is 0 Å². The fourth-order valence-corrected chi connectivity index (χ4v) is 3.50. The zero-order valence-corrected chi connectivity index (χ0v) is 15.4. The Morgan fingerprint density at radius 1 is 1.04 bits per heavy atom. The second kappa shape index (κ2) is 7.93. The summed E-state index contributed by atoms with van der Waals surface area (Å²) in [6, 6.07) is 16.3. The van der Waals surface area contributed by atoms with E-state index in [1.54, 1.807) is 0 Å². The van der Waals surface area contributed by atoms with Crippen molar-refractivity contribution in [1.82, 2.24) is 4.90 Å². The molecule has 4 heteroatoms. The molecular weight excluding hydrogens is 370 g/mol. The number of hydrogen-bond acceptors (Lipinski definition) is 2. The highest BCUT2D eigenvalue weighted by molar-refractivity contribution is 9.10. The minimum atomic E-state index is 0.554. The number of nitrogens with zero attached hydrogens (tertiary/aromatic N) is 1. The van der Waals surface area contributed by atoms with Crippen molar-refractivity contribution in [3.05, 3.63) is 64.1 Å². The molecule has 0 aromatic heterocycles. The normalized spacial score (nSPS) is 14.6. The lowest BCUT2D eigenvalue weighted by atomic mass is 10.1. The van der Waals surface area contributed by atoms with Crippen LogP contribution < -0.4 is 4.74 Å². The molecule has 23 heavy (non-hydrogen) atoms. The number of rotatable bonds is 4. The van der Waals surface area contributed by atoms with Crippen LogP contribution in [-0.2, 0) is 6.61 Å². The molecule has 1 aliphatic heterocycles. The Kier molecular flexibility index (Phi) is 5.68. The van der Waals surface area contributed by atoms with Crippen LogP contribution in [0.3, 0.4) is 0 Å². The third-order valence-electron chi connectivity index (χ3n) is 4.05. The van der Waals surface area contributed by atoms with Gasteiger partial charge in [0.05, 0.1) is 5.56 Å². The van der Waals surface area contributed by atoms with Gasteiger partial charge in [0, 0.05) is 17.6 Å². The lowest BCUT2D eigenvalue weighted by molar-refractivity contribution is 0.303. The van der Waals surface area contributed by atoms with Crippen LogP contribution in [0.25, 0.3) is 0 Å². The van der Waals surface area contributed by atoms with Gasteiger partial charge in [-0.15, -0.1) is 0 Å². The van der Waals surface area contributed by atoms with Crippen molar-refractivity contribution in [2.45, 2.75) is 25.9 Å². The van der Waals surface area contributed by atoms with Crippen molar-refractivity contribution >= 4 is 33.1 Å². The van der Waals surface area contributed by atoms with Crippen LogP contribution in [0.1, 0.15) is 30.4 Å². The molecule has 0 spiro atoms. The molecule has 3 rings (SSSR count). The van der Waals surface area contributed by atoms with E-state index in [1.165, 1.54) is 19.3 Å². The van der Waals surface area contributed by atoms with Crippen LogP contribution in [0.5, 0.6) is 5.75 Å². The molecule has 0 bridgehead atoms. The molecule has 2 aromatic carbocycles. The van der Waals surface area contributed by atoms with E-state index < -0.39 is 0 Å². The van der Waals surface area contributed by atoms with Gasteiger partial charge in [-0.2, -0.15) is 0 Å². The summed E-state index contributed by atoms with van der Waals surface area (Å²) in [5.74, 6) is 0.854. The first-order chi connectivity index (χ1) is 11.2.